The lowest BCUT2D eigenvalue weighted by atomic mass is 10.1. The summed E-state index contributed by atoms with van der Waals surface area (Å²) in [6.45, 7) is 3.92. The molecule has 0 aliphatic heterocycles. The molecule has 0 saturated heterocycles. The van der Waals surface area contributed by atoms with Crippen molar-refractivity contribution in [2.24, 2.45) is 0 Å². The minimum Gasteiger partial charge on any atom is -0.444 e. The van der Waals surface area contributed by atoms with E-state index in [1.165, 1.54) is 12.5 Å². The van der Waals surface area contributed by atoms with E-state index < -0.39 is 0 Å². The number of anilines is 1. The van der Waals surface area contributed by atoms with E-state index in [1.807, 2.05) is 31.2 Å². The summed E-state index contributed by atoms with van der Waals surface area (Å²) >= 11 is 0. The van der Waals surface area contributed by atoms with Gasteiger partial charge in [0.25, 0.3) is 0 Å². The Morgan fingerprint density at radius 1 is 1.24 bits per heavy atom. The van der Waals surface area contributed by atoms with Crippen LogP contribution in [0.15, 0.2) is 53.1 Å². The highest BCUT2D eigenvalue weighted by atomic mass is 16.3. The summed E-state index contributed by atoms with van der Waals surface area (Å²) in [5, 5.41) is 12.4. The standard InChI is InChI=1S/C20H17N3O2/c1-13-3-5-15(6-4-13)20-23-18(12-25-20)11-22-19-9-16(14(2)24)7-8-17(19)10-21/h3-9,12,22H,11H2,1-2H3. The molecule has 1 N–H and O–H groups in total. The molecule has 3 rings (SSSR count). The van der Waals surface area contributed by atoms with Crippen LogP contribution < -0.4 is 5.32 Å². The van der Waals surface area contributed by atoms with Crippen LogP contribution in [-0.2, 0) is 6.54 Å². The lowest BCUT2D eigenvalue weighted by Gasteiger charge is -2.07. The van der Waals surface area contributed by atoms with Crippen molar-refractivity contribution in [2.75, 3.05) is 5.32 Å². The van der Waals surface area contributed by atoms with Gasteiger partial charge in [0.05, 0.1) is 23.5 Å². The number of hydrogen-bond acceptors (Lipinski definition) is 5. The summed E-state index contributed by atoms with van der Waals surface area (Å²) in [6, 6.07) is 15.0. The maximum Gasteiger partial charge on any atom is 0.226 e. The molecule has 0 unspecified atom stereocenters. The van der Waals surface area contributed by atoms with Crippen molar-refractivity contribution in [2.45, 2.75) is 20.4 Å². The molecule has 5 heteroatoms. The van der Waals surface area contributed by atoms with Gasteiger partial charge < -0.3 is 9.73 Å². The molecule has 0 aliphatic rings. The van der Waals surface area contributed by atoms with Crippen LogP contribution in [0.3, 0.4) is 0 Å². The zero-order chi connectivity index (χ0) is 17.8. The maximum absolute atomic E-state index is 11.5. The van der Waals surface area contributed by atoms with Crippen molar-refractivity contribution in [3.8, 4) is 17.5 Å². The molecule has 0 spiro atoms. The molecular weight excluding hydrogens is 314 g/mol. The second kappa shape index (κ2) is 7.02. The highest BCUT2D eigenvalue weighted by Gasteiger charge is 2.09. The molecule has 5 nitrogen and oxygen atoms in total. The molecule has 124 valence electrons. The molecular formula is C20H17N3O2. The van der Waals surface area contributed by atoms with Crippen LogP contribution in [0.25, 0.3) is 11.5 Å². The van der Waals surface area contributed by atoms with Gasteiger partial charge in [-0.3, -0.25) is 4.79 Å². The quantitative estimate of drug-likeness (QED) is 0.704. The van der Waals surface area contributed by atoms with Crippen molar-refractivity contribution in [1.29, 1.82) is 5.26 Å². The van der Waals surface area contributed by atoms with E-state index >= 15 is 0 Å². The van der Waals surface area contributed by atoms with Gasteiger partial charge in [0, 0.05) is 11.1 Å². The van der Waals surface area contributed by atoms with Gasteiger partial charge in [0.1, 0.15) is 12.3 Å². The Hall–Kier alpha value is -3.39. The van der Waals surface area contributed by atoms with Crippen LogP contribution in [-0.4, -0.2) is 10.8 Å². The summed E-state index contributed by atoms with van der Waals surface area (Å²) in [5.41, 5.74) is 4.44. The molecule has 0 amide bonds. The van der Waals surface area contributed by atoms with E-state index in [0.717, 1.165) is 5.56 Å². The summed E-state index contributed by atoms with van der Waals surface area (Å²) in [7, 11) is 0. The van der Waals surface area contributed by atoms with Crippen molar-refractivity contribution < 1.29 is 9.21 Å². The molecule has 2 aromatic carbocycles. The fourth-order valence-corrected chi connectivity index (χ4v) is 2.41. The summed E-state index contributed by atoms with van der Waals surface area (Å²) < 4.78 is 5.53. The number of benzene rings is 2. The number of nitrogens with one attached hydrogen (secondary N) is 1. The van der Waals surface area contributed by atoms with Crippen LogP contribution >= 0.6 is 0 Å². The van der Waals surface area contributed by atoms with E-state index in [9.17, 15) is 10.1 Å². The molecule has 0 aliphatic carbocycles. The number of nitriles is 1. The predicted molar refractivity (Wildman–Crippen MR) is 95.2 cm³/mol. The van der Waals surface area contributed by atoms with Crippen molar-refractivity contribution in [3.63, 3.8) is 0 Å². The molecule has 0 radical (unpaired) electrons. The third-order valence-electron chi connectivity index (χ3n) is 3.86. The fourth-order valence-electron chi connectivity index (χ4n) is 2.41. The first kappa shape index (κ1) is 16.5. The molecule has 25 heavy (non-hydrogen) atoms. The predicted octanol–water partition coefficient (Wildman–Crippen LogP) is 4.34. The van der Waals surface area contributed by atoms with E-state index in [-0.39, 0.29) is 5.78 Å². The minimum atomic E-state index is -0.0457. The first-order chi connectivity index (χ1) is 12.1. The van der Waals surface area contributed by atoms with E-state index in [4.69, 9.17) is 4.42 Å². The highest BCUT2D eigenvalue weighted by molar-refractivity contribution is 5.95. The first-order valence-corrected chi connectivity index (χ1v) is 7.87. The normalized spacial score (nSPS) is 10.3. The summed E-state index contributed by atoms with van der Waals surface area (Å²) in [4.78, 5) is 16.0. The van der Waals surface area contributed by atoms with Crippen LogP contribution in [0.4, 0.5) is 5.69 Å². The smallest absolute Gasteiger partial charge is 0.226 e. The SMILES string of the molecule is CC(=O)c1ccc(C#N)c(NCc2coc(-c3ccc(C)cc3)n2)c1. The molecule has 1 heterocycles. The second-order valence-electron chi connectivity index (χ2n) is 5.79. The lowest BCUT2D eigenvalue weighted by molar-refractivity contribution is 0.101. The molecule has 3 aromatic rings. The van der Waals surface area contributed by atoms with Crippen molar-refractivity contribution in [3.05, 3.63) is 71.1 Å². The Morgan fingerprint density at radius 2 is 2.00 bits per heavy atom. The number of Topliss-reactive ketones (excluding diaryl/α,β-unsaturated/α-hetero) is 1. The number of carbonyl (C=O) groups is 1. The van der Waals surface area contributed by atoms with Gasteiger partial charge in [-0.15, -0.1) is 0 Å². The van der Waals surface area contributed by atoms with Gasteiger partial charge in [-0.25, -0.2) is 4.98 Å². The first-order valence-electron chi connectivity index (χ1n) is 7.87. The average Bonchev–Trinajstić information content (AvgIpc) is 3.09. The average molecular weight is 331 g/mol. The second-order valence-corrected chi connectivity index (χ2v) is 5.79. The molecule has 0 saturated carbocycles. The van der Waals surface area contributed by atoms with E-state index in [1.54, 1.807) is 24.5 Å². The topological polar surface area (TPSA) is 78.9 Å². The number of hydrogen-bond donors (Lipinski definition) is 1. The number of nitrogens with zero attached hydrogens (tertiary/aromatic N) is 2. The number of rotatable bonds is 5. The van der Waals surface area contributed by atoms with Crippen LogP contribution in [0.1, 0.15) is 34.1 Å². The van der Waals surface area contributed by atoms with Gasteiger partial charge in [-0.05, 0) is 44.2 Å². The number of oxazole rings is 1. The molecule has 1 aromatic heterocycles. The third-order valence-corrected chi connectivity index (χ3v) is 3.86. The van der Waals surface area contributed by atoms with Gasteiger partial charge in [0.2, 0.25) is 5.89 Å². The van der Waals surface area contributed by atoms with Crippen molar-refractivity contribution >= 4 is 11.5 Å². The van der Waals surface area contributed by atoms with Gasteiger partial charge >= 0.3 is 0 Å². The highest BCUT2D eigenvalue weighted by Crippen LogP contribution is 2.21. The van der Waals surface area contributed by atoms with Crippen LogP contribution in [0.2, 0.25) is 0 Å². The number of carbonyl (C=O) groups excluding carboxylic acids is 1. The zero-order valence-corrected chi connectivity index (χ0v) is 14.0. The number of aromatic nitrogens is 1. The maximum atomic E-state index is 11.5. The lowest BCUT2D eigenvalue weighted by Crippen LogP contribution is -2.03. The third kappa shape index (κ3) is 3.75. The summed E-state index contributed by atoms with van der Waals surface area (Å²) in [5.74, 6) is 0.505. The zero-order valence-electron chi connectivity index (χ0n) is 14.0. The Morgan fingerprint density at radius 3 is 2.68 bits per heavy atom. The Balaban J connectivity index is 1.76. The van der Waals surface area contributed by atoms with E-state index in [2.05, 4.69) is 16.4 Å². The summed E-state index contributed by atoms with van der Waals surface area (Å²) in [6.07, 6.45) is 1.59. The minimum absolute atomic E-state index is 0.0457. The van der Waals surface area contributed by atoms with E-state index in [0.29, 0.717) is 34.9 Å². The molecule has 0 fully saturated rings. The largest absolute Gasteiger partial charge is 0.444 e. The van der Waals surface area contributed by atoms with Crippen LogP contribution in [0, 0.1) is 18.3 Å². The van der Waals surface area contributed by atoms with Gasteiger partial charge in [0.15, 0.2) is 5.78 Å². The number of ketones is 1. The van der Waals surface area contributed by atoms with Gasteiger partial charge in [-0.1, -0.05) is 17.7 Å². The fraction of sp³-hybridized carbons (Fsp3) is 0.150. The molecule has 0 bridgehead atoms. The Bertz CT molecular complexity index is 950. The Labute approximate surface area is 145 Å². The van der Waals surface area contributed by atoms with Crippen molar-refractivity contribution in [1.82, 2.24) is 4.98 Å². The number of aryl methyl sites for hydroxylation is 1. The molecule has 0 atom stereocenters. The van der Waals surface area contributed by atoms with Gasteiger partial charge in [-0.2, -0.15) is 5.26 Å². The van der Waals surface area contributed by atoms with Crippen LogP contribution in [0.5, 0.6) is 0 Å². The monoisotopic (exact) mass is 331 g/mol. The Kier molecular flexibility index (Phi) is 4.62.